The monoisotopic (exact) mass is 477 g/mol. The number of benzene rings is 1. The molecule has 7 heteroatoms. The Labute approximate surface area is 173 Å². The van der Waals surface area contributed by atoms with Gasteiger partial charge < -0.3 is 25.2 Å². The first kappa shape index (κ1) is 23.0. The molecule has 0 aliphatic carbocycles. The van der Waals surface area contributed by atoms with E-state index in [1.165, 1.54) is 5.56 Å². The third-order valence-corrected chi connectivity index (χ3v) is 4.23. The maximum absolute atomic E-state index is 9.27. The lowest BCUT2D eigenvalue weighted by molar-refractivity contribution is 0.0888. The Hall–Kier alpha value is -1.06. The zero-order valence-electron chi connectivity index (χ0n) is 15.6. The van der Waals surface area contributed by atoms with Crippen molar-refractivity contribution in [3.63, 3.8) is 0 Å². The minimum absolute atomic E-state index is 0. The molecule has 1 aromatic rings. The smallest absolute Gasteiger partial charge is 0.190 e. The molecular formula is C19H32IN3O3. The molecule has 1 heterocycles. The first-order chi connectivity index (χ1) is 12.3. The van der Waals surface area contributed by atoms with Gasteiger partial charge in [0.05, 0.1) is 13.2 Å². The van der Waals surface area contributed by atoms with Crippen LogP contribution in [0.15, 0.2) is 29.3 Å². The van der Waals surface area contributed by atoms with Crippen LogP contribution in [0.25, 0.3) is 0 Å². The van der Waals surface area contributed by atoms with Crippen molar-refractivity contribution in [1.29, 1.82) is 0 Å². The summed E-state index contributed by atoms with van der Waals surface area (Å²) in [7, 11) is 1.78. The van der Waals surface area contributed by atoms with Gasteiger partial charge in [-0.1, -0.05) is 12.1 Å². The lowest BCUT2D eigenvalue weighted by Gasteiger charge is -2.12. The third-order valence-electron chi connectivity index (χ3n) is 4.23. The second-order valence-electron chi connectivity index (χ2n) is 6.35. The van der Waals surface area contributed by atoms with Gasteiger partial charge in [-0.05, 0) is 43.4 Å². The molecule has 1 aromatic carbocycles. The van der Waals surface area contributed by atoms with E-state index in [0.717, 1.165) is 71.2 Å². The van der Waals surface area contributed by atoms with E-state index in [1.807, 2.05) is 12.1 Å². The van der Waals surface area contributed by atoms with Gasteiger partial charge in [0.2, 0.25) is 0 Å². The van der Waals surface area contributed by atoms with Gasteiger partial charge in [0, 0.05) is 39.3 Å². The normalized spacial score (nSPS) is 17.0. The van der Waals surface area contributed by atoms with Crippen molar-refractivity contribution in [2.75, 3.05) is 46.6 Å². The van der Waals surface area contributed by atoms with Gasteiger partial charge in [-0.3, -0.25) is 4.99 Å². The van der Waals surface area contributed by atoms with Crippen LogP contribution >= 0.6 is 24.0 Å². The van der Waals surface area contributed by atoms with Crippen LogP contribution in [0, 0.1) is 5.92 Å². The van der Waals surface area contributed by atoms with Crippen molar-refractivity contribution in [2.24, 2.45) is 10.9 Å². The summed E-state index contributed by atoms with van der Waals surface area (Å²) in [6, 6.07) is 7.37. The number of aliphatic imine (C=N–C) groups is 1. The second kappa shape index (κ2) is 14.1. The van der Waals surface area contributed by atoms with Gasteiger partial charge in [0.25, 0.3) is 0 Å². The summed E-state index contributed by atoms with van der Waals surface area (Å²) in [5, 5.41) is 15.9. The summed E-state index contributed by atoms with van der Waals surface area (Å²) in [6.45, 7) is 5.01. The van der Waals surface area contributed by atoms with Crippen molar-refractivity contribution in [3.05, 3.63) is 29.8 Å². The lowest BCUT2D eigenvalue weighted by Crippen LogP contribution is -2.38. The van der Waals surface area contributed by atoms with Crippen LogP contribution in [0.4, 0.5) is 0 Å². The average Bonchev–Trinajstić information content (AvgIpc) is 3.14. The third kappa shape index (κ3) is 9.59. The average molecular weight is 477 g/mol. The van der Waals surface area contributed by atoms with E-state index >= 15 is 0 Å². The SMILES string of the molecule is CN=C(NCCCOCC1CCOC1)NCCCc1ccc(O)cc1.I. The first-order valence-electron chi connectivity index (χ1n) is 9.16. The molecule has 6 nitrogen and oxygen atoms in total. The Morgan fingerprint density at radius 1 is 1.23 bits per heavy atom. The number of aryl methyl sites for hydroxylation is 1. The highest BCUT2D eigenvalue weighted by Crippen LogP contribution is 2.12. The minimum atomic E-state index is 0. The molecule has 0 saturated carbocycles. The van der Waals surface area contributed by atoms with Crippen molar-refractivity contribution in [1.82, 2.24) is 10.6 Å². The molecule has 0 radical (unpaired) electrons. The predicted octanol–water partition coefficient (Wildman–Crippen LogP) is 2.55. The summed E-state index contributed by atoms with van der Waals surface area (Å²) in [5.74, 6) is 1.72. The van der Waals surface area contributed by atoms with E-state index in [1.54, 1.807) is 19.2 Å². The number of nitrogens with one attached hydrogen (secondary N) is 2. The van der Waals surface area contributed by atoms with Crippen molar-refractivity contribution in [2.45, 2.75) is 25.7 Å². The van der Waals surface area contributed by atoms with E-state index in [4.69, 9.17) is 9.47 Å². The number of ether oxygens (including phenoxy) is 2. The van der Waals surface area contributed by atoms with Crippen LogP contribution in [0.5, 0.6) is 5.75 Å². The molecule has 1 aliphatic rings. The number of phenols is 1. The molecule has 0 amide bonds. The van der Waals surface area contributed by atoms with E-state index in [2.05, 4.69) is 15.6 Å². The van der Waals surface area contributed by atoms with Crippen LogP contribution in [-0.2, 0) is 15.9 Å². The van der Waals surface area contributed by atoms with Gasteiger partial charge in [-0.15, -0.1) is 24.0 Å². The first-order valence-corrected chi connectivity index (χ1v) is 9.16. The molecule has 1 saturated heterocycles. The predicted molar refractivity (Wildman–Crippen MR) is 116 cm³/mol. The van der Waals surface area contributed by atoms with E-state index in [9.17, 15) is 5.11 Å². The second-order valence-corrected chi connectivity index (χ2v) is 6.35. The van der Waals surface area contributed by atoms with Gasteiger partial charge >= 0.3 is 0 Å². The molecule has 26 heavy (non-hydrogen) atoms. The molecule has 1 atom stereocenters. The van der Waals surface area contributed by atoms with Gasteiger partial charge in [-0.2, -0.15) is 0 Å². The Bertz CT molecular complexity index is 505. The van der Waals surface area contributed by atoms with Gasteiger partial charge in [0.1, 0.15) is 5.75 Å². The minimum Gasteiger partial charge on any atom is -0.508 e. The highest BCUT2D eigenvalue weighted by molar-refractivity contribution is 14.0. The lowest BCUT2D eigenvalue weighted by atomic mass is 10.1. The number of guanidine groups is 1. The number of nitrogens with zero attached hydrogens (tertiary/aromatic N) is 1. The van der Waals surface area contributed by atoms with Gasteiger partial charge in [0.15, 0.2) is 5.96 Å². The van der Waals surface area contributed by atoms with Crippen LogP contribution < -0.4 is 10.6 Å². The fourth-order valence-electron chi connectivity index (χ4n) is 2.73. The molecule has 148 valence electrons. The maximum Gasteiger partial charge on any atom is 0.190 e. The number of hydrogen-bond donors (Lipinski definition) is 3. The Morgan fingerprint density at radius 2 is 1.96 bits per heavy atom. The van der Waals surface area contributed by atoms with Crippen LogP contribution in [0.2, 0.25) is 0 Å². The fourth-order valence-corrected chi connectivity index (χ4v) is 2.73. The molecule has 0 bridgehead atoms. The number of hydrogen-bond acceptors (Lipinski definition) is 4. The van der Waals surface area contributed by atoms with Crippen molar-refractivity contribution < 1.29 is 14.6 Å². The molecule has 0 aromatic heterocycles. The Balaban J connectivity index is 0.00000338. The summed E-state index contributed by atoms with van der Waals surface area (Å²) >= 11 is 0. The number of rotatable bonds is 10. The zero-order chi connectivity index (χ0) is 17.7. The van der Waals surface area contributed by atoms with E-state index in [-0.39, 0.29) is 24.0 Å². The fraction of sp³-hybridized carbons (Fsp3) is 0.632. The molecular weight excluding hydrogens is 445 g/mol. The van der Waals surface area contributed by atoms with E-state index < -0.39 is 0 Å². The highest BCUT2D eigenvalue weighted by atomic mass is 127. The van der Waals surface area contributed by atoms with Gasteiger partial charge in [-0.25, -0.2) is 0 Å². The number of halogens is 1. The van der Waals surface area contributed by atoms with Crippen LogP contribution in [-0.4, -0.2) is 57.6 Å². The quantitative estimate of drug-likeness (QED) is 0.209. The maximum atomic E-state index is 9.27. The Kier molecular flexibility index (Phi) is 12.4. The number of phenolic OH excluding ortho intramolecular Hbond substituents is 1. The standard InChI is InChI=1S/C19H31N3O3.HI/c1-20-19(21-10-2-4-16-5-7-18(23)8-6-16)22-11-3-12-24-14-17-9-13-25-15-17;/h5-8,17,23H,2-4,9-15H2,1H3,(H2,20,21,22);1H. The molecule has 1 unspecified atom stereocenters. The molecule has 1 fully saturated rings. The van der Waals surface area contributed by atoms with Crippen molar-refractivity contribution >= 4 is 29.9 Å². The number of aromatic hydroxyl groups is 1. The molecule has 1 aliphatic heterocycles. The largest absolute Gasteiger partial charge is 0.508 e. The molecule has 3 N–H and O–H groups in total. The summed E-state index contributed by atoms with van der Waals surface area (Å²) in [6.07, 6.45) is 4.07. The summed E-state index contributed by atoms with van der Waals surface area (Å²) in [4.78, 5) is 4.23. The summed E-state index contributed by atoms with van der Waals surface area (Å²) in [5.41, 5.74) is 1.23. The molecule has 2 rings (SSSR count). The van der Waals surface area contributed by atoms with Crippen molar-refractivity contribution in [3.8, 4) is 5.75 Å². The topological polar surface area (TPSA) is 75.1 Å². The van der Waals surface area contributed by atoms with Crippen LogP contribution in [0.1, 0.15) is 24.8 Å². The molecule has 0 spiro atoms. The van der Waals surface area contributed by atoms with E-state index in [0.29, 0.717) is 11.7 Å². The summed E-state index contributed by atoms with van der Waals surface area (Å²) < 4.78 is 11.0. The van der Waals surface area contributed by atoms with Crippen LogP contribution in [0.3, 0.4) is 0 Å². The highest BCUT2D eigenvalue weighted by Gasteiger charge is 2.15. The zero-order valence-corrected chi connectivity index (χ0v) is 17.9. The Morgan fingerprint density at radius 3 is 2.62 bits per heavy atom.